The number of rotatable bonds is 0. The van der Waals surface area contributed by atoms with Gasteiger partial charge in [-0.05, 0) is 18.2 Å². The van der Waals surface area contributed by atoms with Crippen molar-refractivity contribution in [2.24, 2.45) is 0 Å². The van der Waals surface area contributed by atoms with Crippen LogP contribution in [-0.2, 0) is 0 Å². The number of nitrogens with two attached hydrogens (primary N) is 1. The van der Waals surface area contributed by atoms with Crippen LogP contribution >= 0.6 is 0 Å². The molecule has 0 amide bonds. The maximum Gasteiger partial charge on any atom is 0.138 e. The maximum atomic E-state index is 5.61. The molecule has 0 atom stereocenters. The number of benzene rings is 1. The molecule has 0 fully saturated rings. The summed E-state index contributed by atoms with van der Waals surface area (Å²) in [5.41, 5.74) is 10.6. The highest BCUT2D eigenvalue weighted by molar-refractivity contribution is 6.64. The summed E-state index contributed by atoms with van der Waals surface area (Å²) >= 11 is 0. The molecular weight excluding hydrogens is 162 g/mol. The lowest BCUT2D eigenvalue weighted by Gasteiger charge is -1.92. The lowest BCUT2D eigenvalue weighted by Crippen LogP contribution is -1.93. The molecule has 0 aromatic heterocycles. The topological polar surface area (TPSA) is 26.0 Å². The summed E-state index contributed by atoms with van der Waals surface area (Å²) in [6, 6.07) is 7.68. The average Bonchev–Trinajstić information content (AvgIpc) is 2.01. The van der Waals surface area contributed by atoms with Gasteiger partial charge in [-0.2, -0.15) is 0 Å². The second kappa shape index (κ2) is 3.98. The minimum Gasteiger partial charge on any atom is -0.399 e. The fourth-order valence-electron chi connectivity index (χ4n) is 0.814. The third-order valence-corrected chi connectivity index (χ3v) is 1.97. The number of hydrogen-bond donors (Lipinski definition) is 1. The van der Waals surface area contributed by atoms with Crippen molar-refractivity contribution in [2.45, 2.75) is 13.1 Å². The first-order chi connectivity index (χ1) is 5.68. The summed E-state index contributed by atoms with van der Waals surface area (Å²) in [4.78, 5) is 0. The van der Waals surface area contributed by atoms with Gasteiger partial charge in [-0.15, -0.1) is 5.54 Å². The Labute approximate surface area is 75.2 Å². The summed E-state index contributed by atoms with van der Waals surface area (Å²) in [7, 11) is -0.447. The molecule has 0 aliphatic heterocycles. The normalized spacial score (nSPS) is 9.25. The molecule has 0 saturated carbocycles. The second-order valence-electron chi connectivity index (χ2n) is 2.88. The standard InChI is InChI=1S/C10H12NSi/c1-12(2)7-6-9-4-3-5-10(11)8-9/h3-5,8H,11H2,1-2H3. The summed E-state index contributed by atoms with van der Waals surface area (Å²) in [5.74, 6) is 3.10. The highest BCUT2D eigenvalue weighted by Gasteiger charge is 1.88. The molecule has 0 heterocycles. The molecule has 0 spiro atoms. The Hall–Kier alpha value is -1.20. The van der Waals surface area contributed by atoms with E-state index in [4.69, 9.17) is 5.73 Å². The van der Waals surface area contributed by atoms with E-state index in [0.717, 1.165) is 11.3 Å². The Bertz CT molecular complexity index is 320. The van der Waals surface area contributed by atoms with Gasteiger partial charge < -0.3 is 5.73 Å². The van der Waals surface area contributed by atoms with Crippen molar-refractivity contribution in [2.75, 3.05) is 5.73 Å². The van der Waals surface area contributed by atoms with Gasteiger partial charge in [0.1, 0.15) is 8.80 Å². The molecular formula is C10H12NSi. The van der Waals surface area contributed by atoms with Gasteiger partial charge in [0, 0.05) is 11.3 Å². The zero-order chi connectivity index (χ0) is 8.97. The van der Waals surface area contributed by atoms with E-state index in [2.05, 4.69) is 24.6 Å². The largest absolute Gasteiger partial charge is 0.399 e. The molecule has 0 unspecified atom stereocenters. The fraction of sp³-hybridized carbons (Fsp3) is 0.200. The van der Waals surface area contributed by atoms with E-state index in [0.29, 0.717) is 0 Å². The second-order valence-corrected chi connectivity index (χ2v) is 5.13. The molecule has 0 saturated heterocycles. The third kappa shape index (κ3) is 2.81. The van der Waals surface area contributed by atoms with E-state index in [1.165, 1.54) is 0 Å². The van der Waals surface area contributed by atoms with Crippen LogP contribution < -0.4 is 5.73 Å². The van der Waals surface area contributed by atoms with Crippen LogP contribution in [0, 0.1) is 11.5 Å². The van der Waals surface area contributed by atoms with Crippen LogP contribution in [0.1, 0.15) is 5.56 Å². The predicted octanol–water partition coefficient (Wildman–Crippen LogP) is 1.91. The lowest BCUT2D eigenvalue weighted by atomic mass is 10.2. The first-order valence-electron chi connectivity index (χ1n) is 3.86. The van der Waals surface area contributed by atoms with E-state index in [1.807, 2.05) is 24.3 Å². The van der Waals surface area contributed by atoms with Crippen LogP contribution in [0.2, 0.25) is 13.1 Å². The Morgan fingerprint density at radius 2 is 2.08 bits per heavy atom. The van der Waals surface area contributed by atoms with Gasteiger partial charge in [0.2, 0.25) is 0 Å². The van der Waals surface area contributed by atoms with Crippen molar-refractivity contribution in [3.63, 3.8) is 0 Å². The molecule has 1 rings (SSSR count). The van der Waals surface area contributed by atoms with Crippen LogP contribution in [0.4, 0.5) is 5.69 Å². The summed E-state index contributed by atoms with van der Waals surface area (Å²) in [5, 5.41) is 0. The molecule has 1 aromatic rings. The van der Waals surface area contributed by atoms with Gasteiger partial charge in [-0.3, -0.25) is 0 Å². The first kappa shape index (κ1) is 8.89. The van der Waals surface area contributed by atoms with Gasteiger partial charge >= 0.3 is 0 Å². The van der Waals surface area contributed by atoms with E-state index >= 15 is 0 Å². The number of nitrogen functional groups attached to an aromatic ring is 1. The Morgan fingerprint density at radius 3 is 2.67 bits per heavy atom. The smallest absolute Gasteiger partial charge is 0.138 e. The molecule has 0 aliphatic carbocycles. The van der Waals surface area contributed by atoms with Crippen LogP contribution in [0.15, 0.2) is 24.3 Å². The van der Waals surface area contributed by atoms with Crippen molar-refractivity contribution in [3.05, 3.63) is 29.8 Å². The monoisotopic (exact) mass is 174 g/mol. The third-order valence-electron chi connectivity index (χ3n) is 1.34. The zero-order valence-electron chi connectivity index (χ0n) is 7.39. The van der Waals surface area contributed by atoms with Gasteiger partial charge in [0.15, 0.2) is 0 Å². The summed E-state index contributed by atoms with van der Waals surface area (Å²) in [6.07, 6.45) is 0. The predicted molar refractivity (Wildman–Crippen MR) is 55.2 cm³/mol. The zero-order valence-corrected chi connectivity index (χ0v) is 8.39. The van der Waals surface area contributed by atoms with Crippen molar-refractivity contribution >= 4 is 14.5 Å². The van der Waals surface area contributed by atoms with Gasteiger partial charge in [0.05, 0.1) is 0 Å². The minimum absolute atomic E-state index is 0.447. The van der Waals surface area contributed by atoms with Gasteiger partial charge in [-0.25, -0.2) is 0 Å². The quantitative estimate of drug-likeness (QED) is 0.363. The summed E-state index contributed by atoms with van der Waals surface area (Å²) in [6.45, 7) is 4.34. The average molecular weight is 174 g/mol. The Balaban J connectivity index is 2.85. The van der Waals surface area contributed by atoms with Crippen molar-refractivity contribution in [1.82, 2.24) is 0 Å². The van der Waals surface area contributed by atoms with Crippen LogP contribution in [0.3, 0.4) is 0 Å². The van der Waals surface area contributed by atoms with Crippen LogP contribution in [0.5, 0.6) is 0 Å². The number of anilines is 1. The van der Waals surface area contributed by atoms with Crippen molar-refractivity contribution < 1.29 is 0 Å². The van der Waals surface area contributed by atoms with Gasteiger partial charge in [-0.1, -0.05) is 25.1 Å². The number of hydrogen-bond acceptors (Lipinski definition) is 1. The first-order valence-corrected chi connectivity index (χ1v) is 6.36. The molecule has 1 aromatic carbocycles. The maximum absolute atomic E-state index is 5.61. The minimum atomic E-state index is -0.447. The van der Waals surface area contributed by atoms with E-state index in [-0.39, 0.29) is 0 Å². The van der Waals surface area contributed by atoms with E-state index in [1.54, 1.807) is 0 Å². The highest BCUT2D eigenvalue weighted by Crippen LogP contribution is 2.04. The SMILES string of the molecule is C[Si](C)C#Cc1cccc(N)c1. The molecule has 0 bridgehead atoms. The van der Waals surface area contributed by atoms with Crippen molar-refractivity contribution in [3.8, 4) is 11.5 Å². The molecule has 61 valence electrons. The molecule has 1 radical (unpaired) electrons. The molecule has 0 aliphatic rings. The summed E-state index contributed by atoms with van der Waals surface area (Å²) < 4.78 is 0. The lowest BCUT2D eigenvalue weighted by molar-refractivity contribution is 1.63. The Kier molecular flexibility index (Phi) is 2.95. The van der Waals surface area contributed by atoms with Gasteiger partial charge in [0.25, 0.3) is 0 Å². The molecule has 2 N–H and O–H groups in total. The molecule has 2 heteroatoms. The van der Waals surface area contributed by atoms with E-state index < -0.39 is 8.80 Å². The van der Waals surface area contributed by atoms with E-state index in [9.17, 15) is 0 Å². The molecule has 1 nitrogen and oxygen atoms in total. The fourth-order valence-corrected chi connectivity index (χ4v) is 1.21. The van der Waals surface area contributed by atoms with Crippen LogP contribution in [0.25, 0.3) is 0 Å². The molecule has 12 heavy (non-hydrogen) atoms. The van der Waals surface area contributed by atoms with Crippen LogP contribution in [-0.4, -0.2) is 8.80 Å². The highest BCUT2D eigenvalue weighted by atomic mass is 28.3. The Morgan fingerprint density at radius 1 is 1.33 bits per heavy atom. The van der Waals surface area contributed by atoms with Crippen molar-refractivity contribution in [1.29, 1.82) is 0 Å².